The second kappa shape index (κ2) is 17.3. The van der Waals surface area contributed by atoms with Crippen LogP contribution in [-0.4, -0.2) is 134 Å². The van der Waals surface area contributed by atoms with E-state index in [9.17, 15) is 48.4 Å². The predicted octanol–water partition coefficient (Wildman–Crippen LogP) is -1.90. The van der Waals surface area contributed by atoms with Crippen molar-refractivity contribution < 1.29 is 71.4 Å². The van der Waals surface area contributed by atoms with Crippen molar-refractivity contribution in [3.63, 3.8) is 0 Å². The third-order valence-electron chi connectivity index (χ3n) is 8.51. The lowest BCUT2D eigenvalue weighted by Gasteiger charge is -2.28. The normalized spacial score (nSPS) is 25.7. The molecule has 0 spiro atoms. The number of hydrogen-bond donors (Lipinski definition) is 7. The maximum atomic E-state index is 13.4. The SMILES string of the molecule is C=CCCC(=O)N(C)[C@H](CO)C(=O)O[C@H]1[C@@H](O)[C@H](n2cnc3c(N)ncnc32)O[C@H]1COP(=O)(O)O[C@H]1C[C@H](n2ccc(N)nc2=O)O[C@@H]1COP(=O)(O)O. The first kappa shape index (κ1) is 41.9. The van der Waals surface area contributed by atoms with Crippen molar-refractivity contribution in [3.05, 3.63) is 48.1 Å². The number of anilines is 2. The van der Waals surface area contributed by atoms with Gasteiger partial charge in [0.05, 0.1) is 26.1 Å². The Morgan fingerprint density at radius 1 is 1.13 bits per heavy atom. The molecule has 3 aromatic heterocycles. The molecule has 9 N–H and O–H groups in total. The molecule has 0 bridgehead atoms. The van der Waals surface area contributed by atoms with Gasteiger partial charge in [0.2, 0.25) is 5.91 Å². The van der Waals surface area contributed by atoms with Crippen LogP contribution in [0.2, 0.25) is 0 Å². The number of likely N-dealkylation sites (N-methyl/N-ethyl adjacent to an activating group) is 1. The van der Waals surface area contributed by atoms with Gasteiger partial charge in [-0.1, -0.05) is 6.08 Å². The number of carbonyl (C=O) groups excluding carboxylic acids is 2. The number of imidazole rings is 1. The third-order valence-corrected chi connectivity index (χ3v) is 10.0. The Morgan fingerprint density at radius 3 is 2.53 bits per heavy atom. The Balaban J connectivity index is 1.36. The van der Waals surface area contributed by atoms with E-state index in [0.717, 1.165) is 15.8 Å². The molecule has 2 aliphatic heterocycles. The number of ether oxygens (including phenoxy) is 3. The summed E-state index contributed by atoms with van der Waals surface area (Å²) in [4.78, 5) is 84.3. The quantitative estimate of drug-likeness (QED) is 0.0444. The minimum atomic E-state index is -5.22. The highest BCUT2D eigenvalue weighted by atomic mass is 31.2. The lowest BCUT2D eigenvalue weighted by molar-refractivity contribution is -0.166. The number of aromatic nitrogens is 6. The van der Waals surface area contributed by atoms with Crippen molar-refractivity contribution >= 4 is 50.3 Å². The summed E-state index contributed by atoms with van der Waals surface area (Å²) in [6.07, 6.45) is -5.66. The van der Waals surface area contributed by atoms with Crippen LogP contribution >= 0.6 is 15.6 Å². The Kier molecular flexibility index (Phi) is 13.2. The molecular formula is C28H39N9O16P2. The summed E-state index contributed by atoms with van der Waals surface area (Å²) in [5.74, 6) is -1.82. The summed E-state index contributed by atoms with van der Waals surface area (Å²) in [5, 5.41) is 21.5. The van der Waals surface area contributed by atoms with E-state index in [1.54, 1.807) is 0 Å². The van der Waals surface area contributed by atoms with Crippen LogP contribution in [0.25, 0.3) is 11.2 Å². The standard InChI is InChI=1S/C28H39N9O16P2/c1-3-4-5-19(39)35(2)14(9-38)27(41)52-23-17(51-26(22(23)40)37-13-33-21-24(30)31-12-32-25(21)37)11-49-55(46,47)53-15-8-20(36-7-6-18(29)34-28(36)42)50-16(15)10-48-54(43,44)45/h3,6-7,12-17,20,22-23,26,38,40H,1,4-5,8-11H2,2H3,(H,46,47)(H2,29,34,42)(H2,30,31,32)(H2,43,44,45)/t14-,15+,16-,17+,20-,22-,23-,26-/m1/s1. The molecule has 2 fully saturated rings. The molecular weight excluding hydrogens is 780 g/mol. The number of phosphoric acid groups is 2. The largest absolute Gasteiger partial charge is 0.472 e. The molecule has 0 aliphatic carbocycles. The van der Waals surface area contributed by atoms with Crippen LogP contribution < -0.4 is 17.2 Å². The summed E-state index contributed by atoms with van der Waals surface area (Å²) in [6, 6.07) is -0.270. The molecule has 2 saturated heterocycles. The molecule has 27 heteroatoms. The summed E-state index contributed by atoms with van der Waals surface area (Å²) >= 11 is 0. The first-order valence-corrected chi connectivity index (χ1v) is 19.3. The van der Waals surface area contributed by atoms with Gasteiger partial charge < -0.3 is 55.5 Å². The molecule has 2 aliphatic rings. The van der Waals surface area contributed by atoms with Gasteiger partial charge in [0.15, 0.2) is 29.8 Å². The number of nitrogens with two attached hydrogens (primary N) is 2. The van der Waals surface area contributed by atoms with Crippen molar-refractivity contribution in [2.75, 3.05) is 38.3 Å². The first-order valence-electron chi connectivity index (χ1n) is 16.2. The van der Waals surface area contributed by atoms with Crippen LogP contribution in [0, 0.1) is 0 Å². The number of hydrogen-bond acceptors (Lipinski definition) is 19. The van der Waals surface area contributed by atoms with Crippen LogP contribution in [0.3, 0.4) is 0 Å². The highest BCUT2D eigenvalue weighted by molar-refractivity contribution is 7.47. The summed E-state index contributed by atoms with van der Waals surface area (Å²) < 4.78 is 59.2. The van der Waals surface area contributed by atoms with E-state index in [2.05, 4.69) is 31.0 Å². The zero-order valence-corrected chi connectivity index (χ0v) is 30.7. The van der Waals surface area contributed by atoms with E-state index in [1.807, 2.05) is 0 Å². The molecule has 0 radical (unpaired) electrons. The number of allylic oxidation sites excluding steroid dienone is 1. The monoisotopic (exact) mass is 819 g/mol. The summed E-state index contributed by atoms with van der Waals surface area (Å²) in [6.45, 7) is 0.898. The lowest BCUT2D eigenvalue weighted by atomic mass is 10.1. The number of nitrogens with zero attached hydrogens (tertiary/aromatic N) is 7. The van der Waals surface area contributed by atoms with Gasteiger partial charge in [0.1, 0.15) is 48.3 Å². The minimum absolute atomic E-state index is 0.00688. The van der Waals surface area contributed by atoms with E-state index < -0.39 is 102 Å². The van der Waals surface area contributed by atoms with Crippen LogP contribution in [0.4, 0.5) is 11.6 Å². The summed E-state index contributed by atoms with van der Waals surface area (Å²) in [7, 11) is -9.02. The number of aliphatic hydroxyl groups excluding tert-OH is 2. The van der Waals surface area contributed by atoms with E-state index in [4.69, 9.17) is 34.7 Å². The number of fused-ring (bicyclic) bond motifs is 1. The molecule has 302 valence electrons. The number of phosphoric ester groups is 2. The highest BCUT2D eigenvalue weighted by Gasteiger charge is 2.50. The second-order valence-corrected chi connectivity index (χ2v) is 14.8. The van der Waals surface area contributed by atoms with Gasteiger partial charge >= 0.3 is 27.3 Å². The lowest BCUT2D eigenvalue weighted by Crippen LogP contribution is -2.49. The fraction of sp³-hybridized carbons (Fsp3) is 0.536. The Morgan fingerprint density at radius 2 is 1.85 bits per heavy atom. The molecule has 5 rings (SSSR count). The van der Waals surface area contributed by atoms with E-state index in [1.165, 1.54) is 36.3 Å². The van der Waals surface area contributed by atoms with Crippen LogP contribution in [0.15, 0.2) is 42.4 Å². The molecule has 1 amide bonds. The van der Waals surface area contributed by atoms with Gasteiger partial charge in [-0.05, 0) is 12.5 Å². The van der Waals surface area contributed by atoms with E-state index in [-0.39, 0.29) is 42.1 Å². The topological polar surface area (TPSA) is 359 Å². The first-order chi connectivity index (χ1) is 25.9. The number of aliphatic hydroxyl groups is 2. The van der Waals surface area contributed by atoms with Crippen LogP contribution in [0.5, 0.6) is 0 Å². The number of rotatable bonds is 17. The van der Waals surface area contributed by atoms with E-state index >= 15 is 0 Å². The fourth-order valence-electron chi connectivity index (χ4n) is 5.75. The molecule has 9 atom stereocenters. The summed E-state index contributed by atoms with van der Waals surface area (Å²) in [5.41, 5.74) is 10.8. The molecule has 5 heterocycles. The van der Waals surface area contributed by atoms with Crippen LogP contribution in [-0.2, 0) is 46.5 Å². The van der Waals surface area contributed by atoms with Crippen LogP contribution in [0.1, 0.15) is 31.7 Å². The molecule has 3 aromatic rings. The zero-order valence-electron chi connectivity index (χ0n) is 28.9. The smallest absolute Gasteiger partial charge is 0.455 e. The van der Waals surface area contributed by atoms with Crippen molar-refractivity contribution in [1.82, 2.24) is 34.0 Å². The van der Waals surface area contributed by atoms with Gasteiger partial charge in [-0.2, -0.15) is 4.98 Å². The van der Waals surface area contributed by atoms with Crippen molar-refractivity contribution in [2.45, 2.75) is 68.3 Å². The molecule has 0 saturated carbocycles. The molecule has 0 aromatic carbocycles. The van der Waals surface area contributed by atoms with Crippen molar-refractivity contribution in [3.8, 4) is 0 Å². The predicted molar refractivity (Wildman–Crippen MR) is 183 cm³/mol. The number of amides is 1. The maximum Gasteiger partial charge on any atom is 0.472 e. The highest BCUT2D eigenvalue weighted by Crippen LogP contribution is 2.50. The molecule has 25 nitrogen and oxygen atoms in total. The average molecular weight is 820 g/mol. The maximum absolute atomic E-state index is 13.4. The van der Waals surface area contributed by atoms with Gasteiger partial charge in [-0.3, -0.25) is 27.5 Å². The van der Waals surface area contributed by atoms with Gasteiger partial charge in [0.25, 0.3) is 0 Å². The van der Waals surface area contributed by atoms with E-state index in [0.29, 0.717) is 0 Å². The van der Waals surface area contributed by atoms with Gasteiger partial charge in [-0.15, -0.1) is 6.58 Å². The van der Waals surface area contributed by atoms with Gasteiger partial charge in [-0.25, -0.2) is 33.7 Å². The van der Waals surface area contributed by atoms with Gasteiger partial charge in [0, 0.05) is 26.1 Å². The fourth-order valence-corrected chi connectivity index (χ4v) is 7.05. The number of nitrogen functional groups attached to an aromatic ring is 2. The Bertz CT molecular complexity index is 2030. The number of carbonyl (C=O) groups is 2. The van der Waals surface area contributed by atoms with Crippen molar-refractivity contribution in [2.24, 2.45) is 0 Å². The molecule has 55 heavy (non-hydrogen) atoms. The third kappa shape index (κ3) is 9.96. The Labute approximate surface area is 310 Å². The number of esters is 1. The average Bonchev–Trinajstić information content (AvgIpc) is 3.81. The second-order valence-electron chi connectivity index (χ2n) is 12.2. The Hall–Kier alpha value is -4.23. The van der Waals surface area contributed by atoms with Crippen molar-refractivity contribution in [1.29, 1.82) is 0 Å². The zero-order chi connectivity index (χ0) is 40.2. The molecule has 1 unspecified atom stereocenters. The minimum Gasteiger partial charge on any atom is -0.455 e.